The Morgan fingerprint density at radius 3 is 2.31 bits per heavy atom. The number of hydrogen-bond donors (Lipinski definition) is 3. The number of anilines is 2. The topological polar surface area (TPSA) is 106 Å². The SMILES string of the molecule is NC(=O)c1cc(COc2ccc(NC(=O)Nc3ccc(Br)c(C(F)(F)F)c3)cc2)ccn1. The quantitative estimate of drug-likeness (QED) is 0.426. The lowest BCUT2D eigenvalue weighted by Crippen LogP contribution is -2.19. The molecular formula is C21H16BrF3N4O3. The third-order valence-electron chi connectivity index (χ3n) is 4.12. The molecular weight excluding hydrogens is 493 g/mol. The van der Waals surface area contributed by atoms with Crippen LogP contribution in [-0.4, -0.2) is 16.9 Å². The van der Waals surface area contributed by atoms with Gasteiger partial charge in [0.1, 0.15) is 18.1 Å². The Balaban J connectivity index is 1.57. The van der Waals surface area contributed by atoms with Crippen molar-refractivity contribution < 1.29 is 27.5 Å². The number of rotatable bonds is 6. The van der Waals surface area contributed by atoms with E-state index in [9.17, 15) is 22.8 Å². The van der Waals surface area contributed by atoms with E-state index in [0.717, 1.165) is 6.07 Å². The standard InChI is InChI=1S/C21H16BrF3N4O3/c22-17-6-3-14(10-16(17)21(23,24)25)29-20(31)28-13-1-4-15(5-2-13)32-11-12-7-8-27-18(9-12)19(26)30/h1-10H,11H2,(H2,26,30)(H2,28,29,31). The number of amides is 3. The van der Waals surface area contributed by atoms with E-state index in [1.807, 2.05) is 0 Å². The number of urea groups is 1. The number of ether oxygens (including phenoxy) is 1. The lowest BCUT2D eigenvalue weighted by Gasteiger charge is -2.13. The maximum absolute atomic E-state index is 13.0. The number of nitrogens with two attached hydrogens (primary N) is 1. The van der Waals surface area contributed by atoms with E-state index in [1.165, 1.54) is 24.4 Å². The molecule has 2 aromatic carbocycles. The summed E-state index contributed by atoms with van der Waals surface area (Å²) in [6.07, 6.45) is -3.10. The van der Waals surface area contributed by atoms with Gasteiger partial charge in [-0.15, -0.1) is 0 Å². The molecule has 0 bridgehead atoms. The van der Waals surface area contributed by atoms with Crippen LogP contribution >= 0.6 is 15.9 Å². The van der Waals surface area contributed by atoms with Crippen LogP contribution in [0.1, 0.15) is 21.6 Å². The molecule has 166 valence electrons. The second-order valence-corrected chi connectivity index (χ2v) is 7.35. The first-order valence-corrected chi connectivity index (χ1v) is 9.83. The molecule has 3 aromatic rings. The largest absolute Gasteiger partial charge is 0.489 e. The predicted molar refractivity (Wildman–Crippen MR) is 115 cm³/mol. The highest BCUT2D eigenvalue weighted by atomic mass is 79.9. The van der Waals surface area contributed by atoms with Crippen molar-refractivity contribution in [2.24, 2.45) is 5.73 Å². The summed E-state index contributed by atoms with van der Waals surface area (Å²) < 4.78 is 44.4. The zero-order valence-electron chi connectivity index (χ0n) is 16.2. The predicted octanol–water partition coefficient (Wildman–Crippen LogP) is 5.18. The molecule has 4 N–H and O–H groups in total. The molecule has 0 fully saturated rings. The summed E-state index contributed by atoms with van der Waals surface area (Å²) in [7, 11) is 0. The maximum atomic E-state index is 13.0. The number of carbonyl (C=O) groups is 2. The third kappa shape index (κ3) is 6.20. The van der Waals surface area contributed by atoms with Gasteiger partial charge in [-0.2, -0.15) is 13.2 Å². The van der Waals surface area contributed by atoms with Crippen LogP contribution in [0.4, 0.5) is 29.3 Å². The minimum absolute atomic E-state index is 0.00865. The fourth-order valence-corrected chi connectivity index (χ4v) is 3.09. The van der Waals surface area contributed by atoms with Crippen LogP contribution in [0.25, 0.3) is 0 Å². The van der Waals surface area contributed by atoms with Crippen LogP contribution in [-0.2, 0) is 12.8 Å². The van der Waals surface area contributed by atoms with Gasteiger partial charge in [-0.25, -0.2) is 4.79 Å². The van der Waals surface area contributed by atoms with Gasteiger partial charge in [0.15, 0.2) is 0 Å². The number of benzene rings is 2. The van der Waals surface area contributed by atoms with Crippen molar-refractivity contribution in [1.29, 1.82) is 0 Å². The number of alkyl halides is 3. The molecule has 0 aliphatic carbocycles. The summed E-state index contributed by atoms with van der Waals surface area (Å²) in [5.41, 5.74) is 5.52. The molecule has 0 spiro atoms. The average Bonchev–Trinajstić information content (AvgIpc) is 2.74. The third-order valence-corrected chi connectivity index (χ3v) is 4.82. The lowest BCUT2D eigenvalue weighted by atomic mass is 10.2. The smallest absolute Gasteiger partial charge is 0.417 e. The van der Waals surface area contributed by atoms with Crippen molar-refractivity contribution in [2.45, 2.75) is 12.8 Å². The van der Waals surface area contributed by atoms with Gasteiger partial charge in [0.2, 0.25) is 0 Å². The van der Waals surface area contributed by atoms with Gasteiger partial charge in [0.05, 0.1) is 5.56 Å². The highest BCUT2D eigenvalue weighted by Crippen LogP contribution is 2.36. The number of hydrogen-bond acceptors (Lipinski definition) is 4. The number of nitrogens with one attached hydrogen (secondary N) is 2. The fraction of sp³-hybridized carbons (Fsp3) is 0.0952. The summed E-state index contributed by atoms with van der Waals surface area (Å²) in [6, 6.07) is 12.2. The molecule has 0 saturated heterocycles. The fourth-order valence-electron chi connectivity index (χ4n) is 2.61. The number of nitrogens with zero attached hydrogens (tertiary/aromatic N) is 1. The molecule has 3 rings (SSSR count). The number of carbonyl (C=O) groups excluding carboxylic acids is 2. The van der Waals surface area contributed by atoms with Crippen LogP contribution in [0, 0.1) is 0 Å². The van der Waals surface area contributed by atoms with Crippen molar-refractivity contribution in [3.63, 3.8) is 0 Å². The van der Waals surface area contributed by atoms with E-state index in [0.29, 0.717) is 17.0 Å². The Labute approximate surface area is 188 Å². The molecule has 0 saturated carbocycles. The van der Waals surface area contributed by atoms with Gasteiger partial charge in [0.25, 0.3) is 5.91 Å². The van der Waals surface area contributed by atoms with E-state index in [2.05, 4.69) is 31.5 Å². The zero-order chi connectivity index (χ0) is 23.3. The molecule has 1 aromatic heterocycles. The Morgan fingerprint density at radius 1 is 1.00 bits per heavy atom. The Morgan fingerprint density at radius 2 is 1.66 bits per heavy atom. The van der Waals surface area contributed by atoms with E-state index < -0.39 is 23.7 Å². The summed E-state index contributed by atoms with van der Waals surface area (Å²) >= 11 is 2.85. The van der Waals surface area contributed by atoms with Gasteiger partial charge in [-0.1, -0.05) is 15.9 Å². The van der Waals surface area contributed by atoms with Crippen LogP contribution in [0.15, 0.2) is 65.3 Å². The molecule has 0 unspecified atom stereocenters. The normalized spacial score (nSPS) is 11.0. The molecule has 11 heteroatoms. The first-order chi connectivity index (χ1) is 15.1. The van der Waals surface area contributed by atoms with Crippen molar-refractivity contribution in [1.82, 2.24) is 4.98 Å². The van der Waals surface area contributed by atoms with Gasteiger partial charge < -0.3 is 21.1 Å². The molecule has 0 aliphatic rings. The summed E-state index contributed by atoms with van der Waals surface area (Å²) in [5, 5.41) is 4.89. The van der Waals surface area contributed by atoms with Crippen LogP contribution in [0.5, 0.6) is 5.75 Å². The number of primary amides is 1. The number of aromatic nitrogens is 1. The van der Waals surface area contributed by atoms with Crippen molar-refractivity contribution >= 4 is 39.2 Å². The molecule has 1 heterocycles. The van der Waals surface area contributed by atoms with Crippen LogP contribution in [0.3, 0.4) is 0 Å². The monoisotopic (exact) mass is 508 g/mol. The summed E-state index contributed by atoms with van der Waals surface area (Å²) in [5.74, 6) is -0.144. The van der Waals surface area contributed by atoms with Gasteiger partial charge >= 0.3 is 12.2 Å². The van der Waals surface area contributed by atoms with E-state index >= 15 is 0 Å². The lowest BCUT2D eigenvalue weighted by molar-refractivity contribution is -0.138. The van der Waals surface area contributed by atoms with E-state index in [4.69, 9.17) is 10.5 Å². The highest BCUT2D eigenvalue weighted by Gasteiger charge is 2.33. The molecule has 0 atom stereocenters. The molecule has 0 aliphatic heterocycles. The van der Waals surface area contributed by atoms with Gasteiger partial charge in [-0.3, -0.25) is 9.78 Å². The Hall–Kier alpha value is -3.60. The number of halogens is 4. The minimum Gasteiger partial charge on any atom is -0.489 e. The van der Waals surface area contributed by atoms with Crippen LogP contribution < -0.4 is 21.1 Å². The molecule has 32 heavy (non-hydrogen) atoms. The van der Waals surface area contributed by atoms with Crippen molar-refractivity contribution in [3.8, 4) is 5.75 Å². The maximum Gasteiger partial charge on any atom is 0.417 e. The second-order valence-electron chi connectivity index (χ2n) is 6.50. The van der Waals surface area contributed by atoms with Gasteiger partial charge in [0, 0.05) is 22.0 Å². The Kier molecular flexibility index (Phi) is 6.98. The first kappa shape index (κ1) is 23.1. The molecule has 0 radical (unpaired) electrons. The first-order valence-electron chi connectivity index (χ1n) is 9.04. The second kappa shape index (κ2) is 9.69. The Bertz CT molecular complexity index is 1140. The minimum atomic E-state index is -4.56. The van der Waals surface area contributed by atoms with Crippen molar-refractivity contribution in [2.75, 3.05) is 10.6 Å². The zero-order valence-corrected chi connectivity index (χ0v) is 17.8. The number of pyridine rings is 1. The van der Waals surface area contributed by atoms with Gasteiger partial charge in [-0.05, 0) is 60.2 Å². The molecule has 3 amide bonds. The van der Waals surface area contributed by atoms with Crippen molar-refractivity contribution in [3.05, 3.63) is 82.1 Å². The average molecular weight is 509 g/mol. The van der Waals surface area contributed by atoms with E-state index in [1.54, 1.807) is 30.3 Å². The highest BCUT2D eigenvalue weighted by molar-refractivity contribution is 9.10. The van der Waals surface area contributed by atoms with E-state index in [-0.39, 0.29) is 22.5 Å². The summed E-state index contributed by atoms with van der Waals surface area (Å²) in [6.45, 7) is 0.168. The summed E-state index contributed by atoms with van der Waals surface area (Å²) in [4.78, 5) is 27.1. The molecule has 7 nitrogen and oxygen atoms in total. The van der Waals surface area contributed by atoms with Crippen LogP contribution in [0.2, 0.25) is 0 Å².